The maximum atomic E-state index is 11.9. The van der Waals surface area contributed by atoms with Crippen LogP contribution in [-0.4, -0.2) is 23.8 Å². The first kappa shape index (κ1) is 14.5. The van der Waals surface area contributed by atoms with E-state index in [1.807, 2.05) is 13.8 Å². The van der Waals surface area contributed by atoms with Crippen LogP contribution in [-0.2, 0) is 9.53 Å². The summed E-state index contributed by atoms with van der Waals surface area (Å²) in [6.45, 7) is 8.26. The molecule has 100 valence electrons. The van der Waals surface area contributed by atoms with Gasteiger partial charge in [-0.25, -0.2) is 4.79 Å². The summed E-state index contributed by atoms with van der Waals surface area (Å²) in [6.07, 6.45) is 3.92. The fourth-order valence-electron chi connectivity index (χ4n) is 2.88. The van der Waals surface area contributed by atoms with E-state index in [1.54, 1.807) is 0 Å². The zero-order valence-corrected chi connectivity index (χ0v) is 11.7. The highest BCUT2D eigenvalue weighted by Crippen LogP contribution is 2.44. The highest BCUT2D eigenvalue weighted by atomic mass is 16.5. The van der Waals surface area contributed by atoms with Gasteiger partial charge >= 0.3 is 5.97 Å². The van der Waals surface area contributed by atoms with Gasteiger partial charge in [-0.2, -0.15) is 0 Å². The summed E-state index contributed by atoms with van der Waals surface area (Å²) in [5.41, 5.74) is -0.976. The maximum absolute atomic E-state index is 11.9. The summed E-state index contributed by atoms with van der Waals surface area (Å²) >= 11 is 0. The number of aliphatic hydroxyl groups is 1. The standard InChI is InChI=1S/C14H26O3/c1-10(2)14(16,12(15)17-5)11-6-8-13(3,4)9-7-11/h10-11,16H,6-9H2,1-5H3. The highest BCUT2D eigenvalue weighted by Gasteiger charge is 2.49. The molecular formula is C14H26O3. The van der Waals surface area contributed by atoms with E-state index in [4.69, 9.17) is 4.74 Å². The molecule has 0 bridgehead atoms. The fourth-order valence-corrected chi connectivity index (χ4v) is 2.88. The predicted octanol–water partition coefficient (Wildman–Crippen LogP) is 2.76. The van der Waals surface area contributed by atoms with Crippen molar-refractivity contribution in [3.8, 4) is 0 Å². The van der Waals surface area contributed by atoms with Gasteiger partial charge in [0.1, 0.15) is 0 Å². The molecule has 0 aromatic heterocycles. The van der Waals surface area contributed by atoms with Crippen LogP contribution >= 0.6 is 0 Å². The first-order valence-electron chi connectivity index (χ1n) is 6.55. The first-order chi connectivity index (χ1) is 7.74. The molecular weight excluding hydrogens is 216 g/mol. The largest absolute Gasteiger partial charge is 0.467 e. The molecule has 1 atom stereocenters. The zero-order valence-electron chi connectivity index (χ0n) is 11.7. The summed E-state index contributed by atoms with van der Waals surface area (Å²) in [5, 5.41) is 10.7. The minimum absolute atomic E-state index is 0.0305. The van der Waals surface area contributed by atoms with Gasteiger partial charge in [0.25, 0.3) is 0 Å². The van der Waals surface area contributed by atoms with Crippen molar-refractivity contribution < 1.29 is 14.6 Å². The molecule has 0 aromatic carbocycles. The molecule has 1 saturated carbocycles. The van der Waals surface area contributed by atoms with Crippen LogP contribution in [0.3, 0.4) is 0 Å². The van der Waals surface area contributed by atoms with Gasteiger partial charge in [0.2, 0.25) is 0 Å². The summed E-state index contributed by atoms with van der Waals surface area (Å²) in [7, 11) is 1.35. The summed E-state index contributed by atoms with van der Waals surface area (Å²) in [4.78, 5) is 11.9. The van der Waals surface area contributed by atoms with Crippen LogP contribution in [0.4, 0.5) is 0 Å². The van der Waals surface area contributed by atoms with E-state index in [9.17, 15) is 9.90 Å². The van der Waals surface area contributed by atoms with Gasteiger partial charge in [0.05, 0.1) is 7.11 Å². The molecule has 0 heterocycles. The number of carbonyl (C=O) groups is 1. The fraction of sp³-hybridized carbons (Fsp3) is 0.929. The van der Waals surface area contributed by atoms with Crippen molar-refractivity contribution in [3.63, 3.8) is 0 Å². The van der Waals surface area contributed by atoms with Crippen LogP contribution < -0.4 is 0 Å². The van der Waals surface area contributed by atoms with Crippen LogP contribution in [0.5, 0.6) is 0 Å². The molecule has 17 heavy (non-hydrogen) atoms. The third-order valence-electron chi connectivity index (χ3n) is 4.35. The number of rotatable bonds is 3. The molecule has 1 aliphatic carbocycles. The quantitative estimate of drug-likeness (QED) is 0.774. The van der Waals surface area contributed by atoms with Crippen LogP contribution in [0.25, 0.3) is 0 Å². The molecule has 0 amide bonds. The van der Waals surface area contributed by atoms with Crippen molar-refractivity contribution in [1.29, 1.82) is 0 Å². The molecule has 1 rings (SSSR count). The molecule has 0 radical (unpaired) electrons. The molecule has 1 N–H and O–H groups in total. The monoisotopic (exact) mass is 242 g/mol. The lowest BCUT2D eigenvalue weighted by Gasteiger charge is -2.43. The first-order valence-corrected chi connectivity index (χ1v) is 6.55. The van der Waals surface area contributed by atoms with E-state index >= 15 is 0 Å². The zero-order chi connectivity index (χ0) is 13.3. The SMILES string of the molecule is COC(=O)C(O)(C(C)C)C1CCC(C)(C)CC1. The van der Waals surface area contributed by atoms with E-state index in [1.165, 1.54) is 7.11 Å². The lowest BCUT2D eigenvalue weighted by Crippen LogP contribution is -2.52. The number of carbonyl (C=O) groups excluding carboxylic acids is 1. The molecule has 0 aliphatic heterocycles. The Morgan fingerprint density at radius 1 is 1.35 bits per heavy atom. The van der Waals surface area contributed by atoms with E-state index in [2.05, 4.69) is 13.8 Å². The van der Waals surface area contributed by atoms with E-state index < -0.39 is 11.6 Å². The molecule has 1 fully saturated rings. The van der Waals surface area contributed by atoms with Crippen molar-refractivity contribution >= 4 is 5.97 Å². The summed E-state index contributed by atoms with van der Waals surface area (Å²) in [5.74, 6) is -0.554. The third-order valence-corrected chi connectivity index (χ3v) is 4.35. The second-order valence-corrected chi connectivity index (χ2v) is 6.41. The average molecular weight is 242 g/mol. The number of ether oxygens (including phenoxy) is 1. The van der Waals surface area contributed by atoms with Gasteiger partial charge in [-0.15, -0.1) is 0 Å². The number of hydrogen-bond acceptors (Lipinski definition) is 3. The van der Waals surface area contributed by atoms with Crippen LogP contribution in [0.1, 0.15) is 53.4 Å². The van der Waals surface area contributed by atoms with E-state index in [0.29, 0.717) is 5.41 Å². The molecule has 1 aliphatic rings. The molecule has 1 unspecified atom stereocenters. The summed E-state index contributed by atoms with van der Waals surface area (Å²) < 4.78 is 4.79. The summed E-state index contributed by atoms with van der Waals surface area (Å²) in [6, 6.07) is 0. The Bertz CT molecular complexity index is 273. The maximum Gasteiger partial charge on any atom is 0.338 e. The smallest absolute Gasteiger partial charge is 0.338 e. The lowest BCUT2D eigenvalue weighted by molar-refractivity contribution is -0.178. The van der Waals surface area contributed by atoms with Gasteiger partial charge in [-0.3, -0.25) is 0 Å². The Kier molecular flexibility index (Phi) is 4.23. The van der Waals surface area contributed by atoms with Gasteiger partial charge in [-0.1, -0.05) is 27.7 Å². The lowest BCUT2D eigenvalue weighted by atomic mass is 9.65. The number of methoxy groups -OCH3 is 1. The molecule has 0 saturated heterocycles. The molecule has 0 spiro atoms. The van der Waals surface area contributed by atoms with Crippen LogP contribution in [0, 0.1) is 17.3 Å². The van der Waals surface area contributed by atoms with E-state index in [0.717, 1.165) is 25.7 Å². The van der Waals surface area contributed by atoms with Gasteiger partial charge < -0.3 is 9.84 Å². The van der Waals surface area contributed by atoms with E-state index in [-0.39, 0.29) is 11.8 Å². The average Bonchev–Trinajstić information content (AvgIpc) is 2.26. The molecule has 0 aromatic rings. The second kappa shape index (κ2) is 4.97. The van der Waals surface area contributed by atoms with Gasteiger partial charge in [-0.05, 0) is 42.9 Å². The molecule has 3 heteroatoms. The molecule has 3 nitrogen and oxygen atoms in total. The normalized spacial score (nSPS) is 24.4. The Morgan fingerprint density at radius 2 is 1.82 bits per heavy atom. The second-order valence-electron chi connectivity index (χ2n) is 6.41. The van der Waals surface area contributed by atoms with Crippen molar-refractivity contribution in [2.24, 2.45) is 17.3 Å². The van der Waals surface area contributed by atoms with Crippen LogP contribution in [0.15, 0.2) is 0 Å². The minimum atomic E-state index is -1.31. The van der Waals surface area contributed by atoms with Crippen LogP contribution in [0.2, 0.25) is 0 Å². The Labute approximate surface area is 105 Å². The Hall–Kier alpha value is -0.570. The van der Waals surface area contributed by atoms with Crippen molar-refractivity contribution in [2.45, 2.75) is 59.0 Å². The van der Waals surface area contributed by atoms with Gasteiger partial charge in [0.15, 0.2) is 5.60 Å². The predicted molar refractivity (Wildman–Crippen MR) is 67.5 cm³/mol. The Morgan fingerprint density at radius 3 is 2.18 bits per heavy atom. The van der Waals surface area contributed by atoms with Gasteiger partial charge in [0, 0.05) is 0 Å². The third kappa shape index (κ3) is 2.82. The van der Waals surface area contributed by atoms with Crippen molar-refractivity contribution in [2.75, 3.05) is 7.11 Å². The highest BCUT2D eigenvalue weighted by molar-refractivity contribution is 5.80. The van der Waals surface area contributed by atoms with Crippen molar-refractivity contribution in [3.05, 3.63) is 0 Å². The number of hydrogen-bond donors (Lipinski definition) is 1. The topological polar surface area (TPSA) is 46.5 Å². The number of esters is 1. The van der Waals surface area contributed by atoms with Crippen molar-refractivity contribution in [1.82, 2.24) is 0 Å². The Balaban J connectivity index is 2.84. The minimum Gasteiger partial charge on any atom is -0.467 e.